The van der Waals surface area contributed by atoms with Crippen molar-refractivity contribution in [1.82, 2.24) is 0 Å². The number of hydrogen-bond donors (Lipinski definition) is 0. The van der Waals surface area contributed by atoms with Crippen LogP contribution in [0.1, 0.15) is 31.1 Å². The van der Waals surface area contributed by atoms with Gasteiger partial charge in [-0.1, -0.05) is 41.9 Å². The number of Topliss-reactive ketones (excluding diaryl/α,β-unsaturated/α-hetero) is 1. The Bertz CT molecular complexity index is 480. The van der Waals surface area contributed by atoms with Crippen LogP contribution in [0.15, 0.2) is 33.7 Å². The maximum absolute atomic E-state index is 12.3. The minimum absolute atomic E-state index is 0.308. The van der Waals surface area contributed by atoms with Gasteiger partial charge in [-0.2, -0.15) is 0 Å². The molecular formula is C15H20BrNO3. The van der Waals surface area contributed by atoms with E-state index in [-0.39, 0.29) is 5.78 Å². The largest absolute Gasteiger partial charge is 0.468 e. The number of nitrogens with zero attached hydrogens (tertiary/aromatic N) is 1. The van der Waals surface area contributed by atoms with Crippen LogP contribution in [0.4, 0.5) is 0 Å². The Hall–Kier alpha value is -1.49. The molecule has 1 unspecified atom stereocenters. The van der Waals surface area contributed by atoms with Gasteiger partial charge in [-0.25, -0.2) is 0 Å². The Balaban J connectivity index is 0.00000172. The highest BCUT2D eigenvalue weighted by Crippen LogP contribution is 2.16. The second-order valence-electron chi connectivity index (χ2n) is 3.69. The van der Waals surface area contributed by atoms with Gasteiger partial charge in [0, 0.05) is 22.8 Å². The minimum atomic E-state index is -0.971. The van der Waals surface area contributed by atoms with Crippen molar-refractivity contribution >= 4 is 33.4 Å². The minimum Gasteiger partial charge on any atom is -0.468 e. The summed E-state index contributed by atoms with van der Waals surface area (Å²) in [5.41, 5.74) is 0.895. The fourth-order valence-corrected chi connectivity index (χ4v) is 1.76. The summed E-state index contributed by atoms with van der Waals surface area (Å²) in [6.07, 6.45) is 0. The zero-order valence-electron chi connectivity index (χ0n) is 12.4. The van der Waals surface area contributed by atoms with Crippen LogP contribution in [0.3, 0.4) is 0 Å². The molecule has 110 valence electrons. The van der Waals surface area contributed by atoms with E-state index in [1.807, 2.05) is 13.8 Å². The molecule has 0 aliphatic carbocycles. The topological polar surface area (TPSA) is 55.7 Å². The van der Waals surface area contributed by atoms with Crippen molar-refractivity contribution in [2.75, 3.05) is 14.2 Å². The third-order valence-electron chi connectivity index (χ3n) is 2.60. The quantitative estimate of drug-likeness (QED) is 0.364. The van der Waals surface area contributed by atoms with Crippen LogP contribution >= 0.6 is 15.9 Å². The average Bonchev–Trinajstić information content (AvgIpc) is 2.49. The summed E-state index contributed by atoms with van der Waals surface area (Å²) in [7, 11) is 2.80. The molecule has 0 saturated carbocycles. The molecule has 1 atom stereocenters. The van der Waals surface area contributed by atoms with Crippen molar-refractivity contribution in [2.45, 2.75) is 20.8 Å². The molecule has 0 bridgehead atoms. The number of esters is 1. The second-order valence-corrected chi connectivity index (χ2v) is 4.61. The predicted octanol–water partition coefficient (Wildman–Crippen LogP) is 3.54. The van der Waals surface area contributed by atoms with Gasteiger partial charge in [0.25, 0.3) is 0 Å². The molecule has 20 heavy (non-hydrogen) atoms. The van der Waals surface area contributed by atoms with Gasteiger partial charge in [0.15, 0.2) is 11.7 Å². The van der Waals surface area contributed by atoms with E-state index >= 15 is 0 Å². The maximum Gasteiger partial charge on any atom is 0.322 e. The monoisotopic (exact) mass is 341 g/mol. The van der Waals surface area contributed by atoms with Crippen molar-refractivity contribution in [3.63, 3.8) is 0 Å². The fraction of sp³-hybridized carbons (Fsp3) is 0.400. The Kier molecular flexibility index (Phi) is 8.72. The summed E-state index contributed by atoms with van der Waals surface area (Å²) in [5.74, 6) is -1.87. The standard InChI is InChI=1S/C13H14BrNO3.C2H6/c1-8(15-2)11(13(17)18-3)12(16)9-4-6-10(14)7-5-9;1-2/h4-7,11H,1-3H3;1-2H3. The lowest BCUT2D eigenvalue weighted by Crippen LogP contribution is -2.31. The molecule has 1 aromatic rings. The third kappa shape index (κ3) is 4.89. The third-order valence-corrected chi connectivity index (χ3v) is 3.13. The van der Waals surface area contributed by atoms with Gasteiger partial charge in [0.05, 0.1) is 7.11 Å². The Labute approximate surface area is 128 Å². The van der Waals surface area contributed by atoms with Gasteiger partial charge in [0.2, 0.25) is 0 Å². The fourth-order valence-electron chi connectivity index (χ4n) is 1.50. The molecule has 0 aromatic heterocycles. The predicted molar refractivity (Wildman–Crippen MR) is 84.4 cm³/mol. The van der Waals surface area contributed by atoms with E-state index in [0.29, 0.717) is 11.3 Å². The van der Waals surface area contributed by atoms with Gasteiger partial charge in [0.1, 0.15) is 0 Å². The molecule has 1 aromatic carbocycles. The summed E-state index contributed by atoms with van der Waals surface area (Å²) in [6, 6.07) is 6.82. The normalized spacial score (nSPS) is 12.0. The molecular weight excluding hydrogens is 322 g/mol. The van der Waals surface area contributed by atoms with Gasteiger partial charge in [-0.15, -0.1) is 0 Å². The first kappa shape index (κ1) is 18.5. The number of benzene rings is 1. The number of carbonyl (C=O) groups is 2. The molecule has 5 heteroatoms. The van der Waals surface area contributed by atoms with Crippen LogP contribution in [-0.2, 0) is 9.53 Å². The lowest BCUT2D eigenvalue weighted by Gasteiger charge is -2.13. The lowest BCUT2D eigenvalue weighted by atomic mass is 9.94. The molecule has 0 heterocycles. The van der Waals surface area contributed by atoms with Crippen LogP contribution in [0, 0.1) is 5.92 Å². The maximum atomic E-state index is 12.3. The number of methoxy groups -OCH3 is 1. The number of aliphatic imine (C=N–C) groups is 1. The smallest absolute Gasteiger partial charge is 0.322 e. The Morgan fingerprint density at radius 1 is 1.20 bits per heavy atom. The highest BCUT2D eigenvalue weighted by molar-refractivity contribution is 9.10. The molecule has 0 fully saturated rings. The SMILES string of the molecule is CC.CN=C(C)C(C(=O)OC)C(=O)c1ccc(Br)cc1. The number of halogens is 1. The molecule has 0 aliphatic heterocycles. The highest BCUT2D eigenvalue weighted by atomic mass is 79.9. The number of carbonyl (C=O) groups excluding carboxylic acids is 2. The summed E-state index contributed by atoms with van der Waals surface area (Å²) in [6.45, 7) is 5.64. The van der Waals surface area contributed by atoms with E-state index in [2.05, 4.69) is 25.7 Å². The molecule has 0 radical (unpaired) electrons. The highest BCUT2D eigenvalue weighted by Gasteiger charge is 2.30. The van der Waals surface area contributed by atoms with Crippen molar-refractivity contribution in [2.24, 2.45) is 10.9 Å². The zero-order chi connectivity index (χ0) is 15.7. The van der Waals surface area contributed by atoms with Crippen molar-refractivity contribution in [3.8, 4) is 0 Å². The van der Waals surface area contributed by atoms with E-state index in [0.717, 1.165) is 4.47 Å². The van der Waals surface area contributed by atoms with Crippen LogP contribution in [0.5, 0.6) is 0 Å². The molecule has 0 aliphatic rings. The van der Waals surface area contributed by atoms with Gasteiger partial charge < -0.3 is 4.74 Å². The first-order valence-corrected chi connectivity index (χ1v) is 7.11. The molecule has 0 saturated heterocycles. The van der Waals surface area contributed by atoms with Gasteiger partial charge in [-0.3, -0.25) is 14.6 Å². The zero-order valence-corrected chi connectivity index (χ0v) is 14.0. The number of ketones is 1. The molecule has 0 N–H and O–H groups in total. The summed E-state index contributed by atoms with van der Waals surface area (Å²) < 4.78 is 5.52. The molecule has 0 spiro atoms. The Morgan fingerprint density at radius 3 is 2.10 bits per heavy atom. The van der Waals surface area contributed by atoms with Crippen molar-refractivity contribution < 1.29 is 14.3 Å². The molecule has 1 rings (SSSR count). The van der Waals surface area contributed by atoms with Crippen LogP contribution in [0.25, 0.3) is 0 Å². The molecule has 4 nitrogen and oxygen atoms in total. The van der Waals surface area contributed by atoms with Crippen LogP contribution < -0.4 is 0 Å². The lowest BCUT2D eigenvalue weighted by molar-refractivity contribution is -0.141. The van der Waals surface area contributed by atoms with Crippen LogP contribution in [-0.4, -0.2) is 31.6 Å². The average molecular weight is 342 g/mol. The van der Waals surface area contributed by atoms with Crippen molar-refractivity contribution in [3.05, 3.63) is 34.3 Å². The molecule has 0 amide bonds. The summed E-state index contributed by atoms with van der Waals surface area (Å²) in [5, 5.41) is 0. The van der Waals surface area contributed by atoms with E-state index in [4.69, 9.17) is 0 Å². The Morgan fingerprint density at radius 2 is 1.70 bits per heavy atom. The van der Waals surface area contributed by atoms with Crippen molar-refractivity contribution in [1.29, 1.82) is 0 Å². The van der Waals surface area contributed by atoms with Crippen LogP contribution in [0.2, 0.25) is 0 Å². The number of rotatable bonds is 4. The van der Waals surface area contributed by atoms with Gasteiger partial charge >= 0.3 is 5.97 Å². The van der Waals surface area contributed by atoms with E-state index in [1.165, 1.54) is 7.11 Å². The first-order chi connectivity index (χ1) is 9.51. The van der Waals surface area contributed by atoms with E-state index in [9.17, 15) is 9.59 Å². The summed E-state index contributed by atoms with van der Waals surface area (Å²) >= 11 is 3.29. The number of hydrogen-bond acceptors (Lipinski definition) is 4. The number of ether oxygens (including phenoxy) is 1. The van der Waals surface area contributed by atoms with E-state index < -0.39 is 11.9 Å². The first-order valence-electron chi connectivity index (χ1n) is 6.32. The second kappa shape index (κ2) is 9.42. The van der Waals surface area contributed by atoms with Gasteiger partial charge in [-0.05, 0) is 19.1 Å². The summed E-state index contributed by atoms with van der Waals surface area (Å²) in [4.78, 5) is 27.8. The van der Waals surface area contributed by atoms with E-state index in [1.54, 1.807) is 38.2 Å².